The van der Waals surface area contributed by atoms with Gasteiger partial charge in [-0.3, -0.25) is 0 Å². The molecule has 1 aliphatic carbocycles. The molecular weight excluding hydrogens is 164 g/mol. The van der Waals surface area contributed by atoms with Crippen molar-refractivity contribution in [2.75, 3.05) is 6.61 Å². The van der Waals surface area contributed by atoms with E-state index in [9.17, 15) is 5.11 Å². The van der Waals surface area contributed by atoms with E-state index in [1.807, 2.05) is 0 Å². The van der Waals surface area contributed by atoms with Gasteiger partial charge in [-0.2, -0.15) is 0 Å². The van der Waals surface area contributed by atoms with Gasteiger partial charge in [0.05, 0.1) is 5.60 Å². The lowest BCUT2D eigenvalue weighted by molar-refractivity contribution is 0.113. The van der Waals surface area contributed by atoms with Crippen LogP contribution in [0.2, 0.25) is 0 Å². The number of aliphatic hydroxyl groups is 2. The highest BCUT2D eigenvalue weighted by molar-refractivity contribution is 5.02. The Kier molecular flexibility index (Phi) is 4.20. The second kappa shape index (κ2) is 4.97. The molecule has 2 N–H and O–H groups in total. The molecular formula is C11H22O2. The highest BCUT2D eigenvalue weighted by atomic mass is 16.3. The SMILES string of the molecule is CCCCC1CC1(O)CCCCO. The predicted octanol–water partition coefficient (Wildman–Crippen LogP) is 2.09. The average Bonchev–Trinajstić information content (AvgIpc) is 2.75. The van der Waals surface area contributed by atoms with Crippen molar-refractivity contribution < 1.29 is 10.2 Å². The maximum Gasteiger partial charge on any atom is 0.0680 e. The molecule has 0 heterocycles. The zero-order valence-corrected chi connectivity index (χ0v) is 8.63. The fourth-order valence-corrected chi connectivity index (χ4v) is 2.04. The molecule has 0 aromatic heterocycles. The Hall–Kier alpha value is -0.0800. The van der Waals surface area contributed by atoms with E-state index >= 15 is 0 Å². The van der Waals surface area contributed by atoms with Crippen LogP contribution in [0.5, 0.6) is 0 Å². The van der Waals surface area contributed by atoms with Gasteiger partial charge in [0.15, 0.2) is 0 Å². The number of hydrogen-bond acceptors (Lipinski definition) is 2. The molecule has 2 nitrogen and oxygen atoms in total. The second-order valence-corrected chi connectivity index (χ2v) is 4.33. The van der Waals surface area contributed by atoms with Crippen LogP contribution in [-0.2, 0) is 0 Å². The largest absolute Gasteiger partial charge is 0.396 e. The number of unbranched alkanes of at least 4 members (excludes halogenated alkanes) is 2. The molecule has 0 saturated heterocycles. The lowest BCUT2D eigenvalue weighted by atomic mass is 10.1. The van der Waals surface area contributed by atoms with Crippen LogP contribution < -0.4 is 0 Å². The Morgan fingerprint density at radius 3 is 2.69 bits per heavy atom. The lowest BCUT2D eigenvalue weighted by Gasteiger charge is -2.09. The van der Waals surface area contributed by atoms with Crippen LogP contribution in [0, 0.1) is 5.92 Å². The first-order chi connectivity index (χ1) is 6.23. The molecule has 2 unspecified atom stereocenters. The van der Waals surface area contributed by atoms with Crippen LogP contribution in [0.1, 0.15) is 51.9 Å². The summed E-state index contributed by atoms with van der Waals surface area (Å²) in [6.07, 6.45) is 7.35. The summed E-state index contributed by atoms with van der Waals surface area (Å²) in [5, 5.41) is 18.6. The zero-order valence-electron chi connectivity index (χ0n) is 8.63. The Balaban J connectivity index is 2.06. The standard InChI is InChI=1S/C11H22O2/c1-2-3-6-10-9-11(10,13)7-4-5-8-12/h10,12-13H,2-9H2,1H3. The molecule has 0 aliphatic heterocycles. The summed E-state index contributed by atoms with van der Waals surface area (Å²) in [6, 6.07) is 0. The fourth-order valence-electron chi connectivity index (χ4n) is 2.04. The zero-order chi connectivity index (χ0) is 9.73. The summed E-state index contributed by atoms with van der Waals surface area (Å²) in [4.78, 5) is 0. The normalized spacial score (nSPS) is 32.1. The minimum atomic E-state index is -0.343. The van der Waals surface area contributed by atoms with Crippen molar-refractivity contribution in [3.63, 3.8) is 0 Å². The quantitative estimate of drug-likeness (QED) is 0.598. The Morgan fingerprint density at radius 2 is 2.08 bits per heavy atom. The van der Waals surface area contributed by atoms with E-state index in [4.69, 9.17) is 5.11 Å². The molecule has 0 amide bonds. The van der Waals surface area contributed by atoms with Crippen LogP contribution in [0.15, 0.2) is 0 Å². The van der Waals surface area contributed by atoms with Crippen molar-refractivity contribution in [2.24, 2.45) is 5.92 Å². The van der Waals surface area contributed by atoms with Gasteiger partial charge in [0.25, 0.3) is 0 Å². The van der Waals surface area contributed by atoms with Gasteiger partial charge < -0.3 is 10.2 Å². The van der Waals surface area contributed by atoms with Crippen molar-refractivity contribution in [2.45, 2.75) is 57.5 Å². The molecule has 0 radical (unpaired) electrons. The monoisotopic (exact) mass is 186 g/mol. The summed E-state index contributed by atoms with van der Waals surface area (Å²) in [7, 11) is 0. The van der Waals surface area contributed by atoms with E-state index in [0.29, 0.717) is 5.92 Å². The molecule has 1 aliphatic rings. The maximum absolute atomic E-state index is 9.96. The minimum absolute atomic E-state index is 0.260. The van der Waals surface area contributed by atoms with Crippen LogP contribution in [-0.4, -0.2) is 22.4 Å². The van der Waals surface area contributed by atoms with Crippen LogP contribution in [0.25, 0.3) is 0 Å². The summed E-state index contributed by atoms with van der Waals surface area (Å²) in [6.45, 7) is 2.45. The highest BCUT2D eigenvalue weighted by Gasteiger charge is 2.50. The maximum atomic E-state index is 9.96. The molecule has 1 saturated carbocycles. The Labute approximate surface area is 81.0 Å². The van der Waals surface area contributed by atoms with E-state index in [-0.39, 0.29) is 12.2 Å². The average molecular weight is 186 g/mol. The van der Waals surface area contributed by atoms with E-state index in [1.54, 1.807) is 0 Å². The molecule has 78 valence electrons. The summed E-state index contributed by atoms with van der Waals surface area (Å²) < 4.78 is 0. The summed E-state index contributed by atoms with van der Waals surface area (Å²) in [5.74, 6) is 0.561. The molecule has 0 bridgehead atoms. The van der Waals surface area contributed by atoms with Gasteiger partial charge >= 0.3 is 0 Å². The first-order valence-corrected chi connectivity index (χ1v) is 5.56. The van der Waals surface area contributed by atoms with Crippen molar-refractivity contribution in [1.29, 1.82) is 0 Å². The van der Waals surface area contributed by atoms with E-state index in [0.717, 1.165) is 25.7 Å². The third-order valence-electron chi connectivity index (χ3n) is 3.12. The Bertz CT molecular complexity index is 147. The third kappa shape index (κ3) is 3.28. The van der Waals surface area contributed by atoms with Gasteiger partial charge in [-0.25, -0.2) is 0 Å². The smallest absolute Gasteiger partial charge is 0.0680 e. The Morgan fingerprint density at radius 1 is 1.31 bits per heavy atom. The van der Waals surface area contributed by atoms with Gasteiger partial charge in [0, 0.05) is 6.61 Å². The molecule has 1 rings (SSSR count). The van der Waals surface area contributed by atoms with E-state index in [2.05, 4.69) is 6.92 Å². The van der Waals surface area contributed by atoms with Crippen LogP contribution in [0.3, 0.4) is 0 Å². The summed E-state index contributed by atoms with van der Waals surface area (Å²) >= 11 is 0. The van der Waals surface area contributed by atoms with E-state index in [1.165, 1.54) is 19.3 Å². The fraction of sp³-hybridized carbons (Fsp3) is 1.00. The number of aliphatic hydroxyl groups excluding tert-OH is 1. The molecule has 13 heavy (non-hydrogen) atoms. The van der Waals surface area contributed by atoms with Crippen molar-refractivity contribution in [1.82, 2.24) is 0 Å². The molecule has 0 aromatic rings. The van der Waals surface area contributed by atoms with Gasteiger partial charge in [0.2, 0.25) is 0 Å². The molecule has 2 heteroatoms. The van der Waals surface area contributed by atoms with Crippen molar-refractivity contribution >= 4 is 0 Å². The van der Waals surface area contributed by atoms with E-state index < -0.39 is 0 Å². The first kappa shape index (κ1) is 11.0. The lowest BCUT2D eigenvalue weighted by Crippen LogP contribution is -2.11. The predicted molar refractivity (Wildman–Crippen MR) is 53.5 cm³/mol. The topological polar surface area (TPSA) is 40.5 Å². The third-order valence-corrected chi connectivity index (χ3v) is 3.12. The number of hydrogen-bond donors (Lipinski definition) is 2. The van der Waals surface area contributed by atoms with Crippen molar-refractivity contribution in [3.05, 3.63) is 0 Å². The van der Waals surface area contributed by atoms with Gasteiger partial charge in [-0.15, -0.1) is 0 Å². The molecule has 2 atom stereocenters. The molecule has 0 aromatic carbocycles. The number of rotatable bonds is 7. The second-order valence-electron chi connectivity index (χ2n) is 4.33. The van der Waals surface area contributed by atoms with Gasteiger partial charge in [0.1, 0.15) is 0 Å². The van der Waals surface area contributed by atoms with Gasteiger partial charge in [-0.1, -0.05) is 19.8 Å². The first-order valence-electron chi connectivity index (χ1n) is 5.56. The van der Waals surface area contributed by atoms with Crippen molar-refractivity contribution in [3.8, 4) is 0 Å². The summed E-state index contributed by atoms with van der Waals surface area (Å²) in [5.41, 5.74) is -0.343. The highest BCUT2D eigenvalue weighted by Crippen LogP contribution is 2.49. The van der Waals surface area contributed by atoms with Gasteiger partial charge in [-0.05, 0) is 38.0 Å². The van der Waals surface area contributed by atoms with Crippen LogP contribution in [0.4, 0.5) is 0 Å². The molecule has 0 spiro atoms. The minimum Gasteiger partial charge on any atom is -0.396 e. The molecule has 1 fully saturated rings. The van der Waals surface area contributed by atoms with Crippen LogP contribution >= 0.6 is 0 Å².